The fourth-order valence-corrected chi connectivity index (χ4v) is 2.25. The van der Waals surface area contributed by atoms with Crippen molar-refractivity contribution in [1.29, 1.82) is 0 Å². The molecule has 2 aliphatic rings. The van der Waals surface area contributed by atoms with E-state index in [0.29, 0.717) is 25.9 Å². The van der Waals surface area contributed by atoms with Crippen molar-refractivity contribution < 1.29 is 14.3 Å². The average Bonchev–Trinajstić information content (AvgIpc) is 2.85. The molecule has 0 spiro atoms. The molecule has 1 atom stereocenters. The maximum absolute atomic E-state index is 11.0. The Morgan fingerprint density at radius 2 is 2.17 bits per heavy atom. The number of benzene rings is 1. The van der Waals surface area contributed by atoms with Crippen molar-refractivity contribution in [1.82, 2.24) is 10.6 Å². The van der Waals surface area contributed by atoms with Gasteiger partial charge in [0.15, 0.2) is 11.5 Å². The van der Waals surface area contributed by atoms with Crippen LogP contribution in [0.2, 0.25) is 0 Å². The molecular weight excluding hydrogens is 232 g/mol. The minimum absolute atomic E-state index is 0.0781. The van der Waals surface area contributed by atoms with Crippen LogP contribution in [0.15, 0.2) is 18.2 Å². The Kier molecular flexibility index (Phi) is 3.06. The van der Waals surface area contributed by atoms with Gasteiger partial charge in [0, 0.05) is 12.6 Å². The number of hydrogen-bond donors (Lipinski definition) is 2. The van der Waals surface area contributed by atoms with Gasteiger partial charge in [-0.05, 0) is 30.5 Å². The zero-order chi connectivity index (χ0) is 12.4. The Morgan fingerprint density at radius 3 is 3.00 bits per heavy atom. The molecule has 1 saturated heterocycles. The van der Waals surface area contributed by atoms with E-state index >= 15 is 0 Å². The molecule has 1 unspecified atom stereocenters. The topological polar surface area (TPSA) is 59.6 Å². The van der Waals surface area contributed by atoms with Gasteiger partial charge >= 0.3 is 0 Å². The Labute approximate surface area is 105 Å². The predicted octanol–water partition coefficient (Wildman–Crippen LogP) is 0.436. The number of carbonyl (C=O) groups excluding carboxylic acids is 1. The lowest BCUT2D eigenvalue weighted by molar-refractivity contribution is -0.121. The lowest BCUT2D eigenvalue weighted by atomic mass is 10.0. The van der Waals surface area contributed by atoms with E-state index in [2.05, 4.69) is 16.7 Å². The molecular formula is C13H16N2O3. The van der Waals surface area contributed by atoms with Gasteiger partial charge in [0.05, 0.1) is 6.54 Å². The molecule has 5 heteroatoms. The Hall–Kier alpha value is -1.75. The van der Waals surface area contributed by atoms with E-state index < -0.39 is 0 Å². The summed E-state index contributed by atoms with van der Waals surface area (Å²) in [6.07, 6.45) is 1.96. The number of nitrogens with one attached hydrogen (secondary N) is 2. The maximum Gasteiger partial charge on any atom is 0.234 e. The minimum Gasteiger partial charge on any atom is -0.454 e. The fraction of sp³-hybridized carbons (Fsp3) is 0.462. The summed E-state index contributed by atoms with van der Waals surface area (Å²) in [5.41, 5.74) is 1.23. The standard InChI is InChI=1S/C13H16N2O3/c16-13-7-14-10(6-15-13)3-1-9-2-4-11-12(5-9)18-8-17-11/h2,4-5,10,14H,1,3,6-8H2,(H,15,16). The SMILES string of the molecule is O=C1CNC(CCc2ccc3c(c2)OCO3)CN1. The van der Waals surface area contributed by atoms with E-state index in [4.69, 9.17) is 9.47 Å². The number of fused-ring (bicyclic) bond motifs is 1. The van der Waals surface area contributed by atoms with Crippen LogP contribution in [-0.2, 0) is 11.2 Å². The molecule has 96 valence electrons. The normalized spacial score (nSPS) is 21.8. The number of hydrogen-bond acceptors (Lipinski definition) is 4. The summed E-state index contributed by atoms with van der Waals surface area (Å²) in [6, 6.07) is 6.40. The minimum atomic E-state index is 0.0781. The van der Waals surface area contributed by atoms with Gasteiger partial charge in [0.25, 0.3) is 0 Å². The van der Waals surface area contributed by atoms with Gasteiger partial charge < -0.3 is 20.1 Å². The predicted molar refractivity (Wildman–Crippen MR) is 65.7 cm³/mol. The van der Waals surface area contributed by atoms with Crippen molar-refractivity contribution in [3.63, 3.8) is 0 Å². The van der Waals surface area contributed by atoms with E-state index in [-0.39, 0.29) is 5.91 Å². The molecule has 1 fully saturated rings. The van der Waals surface area contributed by atoms with Crippen LogP contribution in [0.5, 0.6) is 11.5 Å². The molecule has 0 aromatic heterocycles. The third-order valence-corrected chi connectivity index (χ3v) is 3.32. The molecule has 18 heavy (non-hydrogen) atoms. The monoisotopic (exact) mass is 248 g/mol. The number of carbonyl (C=O) groups is 1. The average molecular weight is 248 g/mol. The molecule has 0 radical (unpaired) electrons. The summed E-state index contributed by atoms with van der Waals surface area (Å²) in [5, 5.41) is 6.09. The molecule has 0 saturated carbocycles. The quantitative estimate of drug-likeness (QED) is 0.814. The Morgan fingerprint density at radius 1 is 1.28 bits per heavy atom. The van der Waals surface area contributed by atoms with Crippen LogP contribution in [0.25, 0.3) is 0 Å². The molecule has 2 aliphatic heterocycles. The number of aryl methyl sites for hydroxylation is 1. The van der Waals surface area contributed by atoms with Crippen molar-refractivity contribution >= 4 is 5.91 Å². The molecule has 2 N–H and O–H groups in total. The first kappa shape index (κ1) is 11.3. The van der Waals surface area contributed by atoms with Crippen molar-refractivity contribution in [2.24, 2.45) is 0 Å². The van der Waals surface area contributed by atoms with Crippen LogP contribution in [0.3, 0.4) is 0 Å². The lowest BCUT2D eigenvalue weighted by Crippen LogP contribution is -2.51. The fourth-order valence-electron chi connectivity index (χ4n) is 2.25. The summed E-state index contributed by atoms with van der Waals surface area (Å²) in [5.74, 6) is 1.73. The van der Waals surface area contributed by atoms with Gasteiger partial charge in [-0.1, -0.05) is 6.07 Å². The highest BCUT2D eigenvalue weighted by molar-refractivity contribution is 5.78. The number of piperazine rings is 1. The largest absolute Gasteiger partial charge is 0.454 e. The van der Waals surface area contributed by atoms with Crippen molar-refractivity contribution in [2.45, 2.75) is 18.9 Å². The van der Waals surface area contributed by atoms with E-state index in [1.165, 1.54) is 5.56 Å². The van der Waals surface area contributed by atoms with E-state index in [1.54, 1.807) is 0 Å². The molecule has 2 heterocycles. The van der Waals surface area contributed by atoms with Gasteiger partial charge in [-0.15, -0.1) is 0 Å². The highest BCUT2D eigenvalue weighted by atomic mass is 16.7. The number of ether oxygens (including phenoxy) is 2. The van der Waals surface area contributed by atoms with Crippen LogP contribution in [0.4, 0.5) is 0 Å². The molecule has 1 aromatic carbocycles. The number of amides is 1. The van der Waals surface area contributed by atoms with Crippen molar-refractivity contribution in [3.8, 4) is 11.5 Å². The first-order valence-corrected chi connectivity index (χ1v) is 6.20. The van der Waals surface area contributed by atoms with Crippen LogP contribution < -0.4 is 20.1 Å². The summed E-state index contributed by atoms with van der Waals surface area (Å²) >= 11 is 0. The second kappa shape index (κ2) is 4.86. The van der Waals surface area contributed by atoms with Gasteiger partial charge in [0.2, 0.25) is 12.7 Å². The second-order valence-electron chi connectivity index (χ2n) is 4.61. The zero-order valence-corrected chi connectivity index (χ0v) is 10.1. The Balaban J connectivity index is 1.55. The molecule has 1 amide bonds. The van der Waals surface area contributed by atoms with Gasteiger partial charge in [-0.2, -0.15) is 0 Å². The summed E-state index contributed by atoms with van der Waals surface area (Å²) in [6.45, 7) is 1.45. The molecule has 5 nitrogen and oxygen atoms in total. The summed E-state index contributed by atoms with van der Waals surface area (Å²) in [7, 11) is 0. The van der Waals surface area contributed by atoms with Crippen molar-refractivity contribution in [3.05, 3.63) is 23.8 Å². The summed E-state index contributed by atoms with van der Waals surface area (Å²) in [4.78, 5) is 11.0. The van der Waals surface area contributed by atoms with Crippen LogP contribution in [0.1, 0.15) is 12.0 Å². The van der Waals surface area contributed by atoms with E-state index in [9.17, 15) is 4.79 Å². The highest BCUT2D eigenvalue weighted by Crippen LogP contribution is 2.32. The molecule has 0 aliphatic carbocycles. The third-order valence-electron chi connectivity index (χ3n) is 3.32. The summed E-state index contributed by atoms with van der Waals surface area (Å²) < 4.78 is 10.6. The third kappa shape index (κ3) is 2.41. The van der Waals surface area contributed by atoms with E-state index in [1.807, 2.05) is 12.1 Å². The lowest BCUT2D eigenvalue weighted by Gasteiger charge is -2.23. The van der Waals surface area contributed by atoms with Crippen LogP contribution >= 0.6 is 0 Å². The Bertz CT molecular complexity index is 452. The van der Waals surface area contributed by atoms with Gasteiger partial charge in [-0.3, -0.25) is 4.79 Å². The maximum atomic E-state index is 11.0. The zero-order valence-electron chi connectivity index (χ0n) is 10.1. The van der Waals surface area contributed by atoms with Crippen molar-refractivity contribution in [2.75, 3.05) is 19.9 Å². The first-order chi connectivity index (χ1) is 8.81. The molecule has 3 rings (SSSR count). The molecule has 0 bridgehead atoms. The van der Waals surface area contributed by atoms with Crippen LogP contribution in [-0.4, -0.2) is 31.8 Å². The van der Waals surface area contributed by atoms with Crippen LogP contribution in [0, 0.1) is 0 Å². The smallest absolute Gasteiger partial charge is 0.234 e. The van der Waals surface area contributed by atoms with E-state index in [0.717, 1.165) is 24.3 Å². The second-order valence-corrected chi connectivity index (χ2v) is 4.61. The van der Waals surface area contributed by atoms with Gasteiger partial charge in [-0.25, -0.2) is 0 Å². The first-order valence-electron chi connectivity index (χ1n) is 6.20. The molecule has 1 aromatic rings. The van der Waals surface area contributed by atoms with Gasteiger partial charge in [0.1, 0.15) is 0 Å². The number of rotatable bonds is 3. The highest BCUT2D eigenvalue weighted by Gasteiger charge is 2.17.